The van der Waals surface area contributed by atoms with Gasteiger partial charge in [0.15, 0.2) is 5.78 Å². The van der Waals surface area contributed by atoms with Gasteiger partial charge < -0.3 is 14.4 Å². The molecule has 1 heterocycles. The second-order valence-electron chi connectivity index (χ2n) is 6.40. The van der Waals surface area contributed by atoms with Crippen LogP contribution in [0.5, 0.6) is 11.5 Å². The van der Waals surface area contributed by atoms with Crippen molar-refractivity contribution in [1.29, 1.82) is 0 Å². The van der Waals surface area contributed by atoms with Crippen molar-refractivity contribution in [2.24, 2.45) is 0 Å². The van der Waals surface area contributed by atoms with Gasteiger partial charge in [-0.25, -0.2) is 0 Å². The van der Waals surface area contributed by atoms with Crippen molar-refractivity contribution in [2.75, 3.05) is 33.7 Å². The van der Waals surface area contributed by atoms with Gasteiger partial charge in [0, 0.05) is 12.6 Å². The number of hydrogen-bond donors (Lipinski definition) is 0. The number of ketones is 1. The van der Waals surface area contributed by atoms with Gasteiger partial charge in [0.25, 0.3) is 0 Å². The highest BCUT2D eigenvalue weighted by Gasteiger charge is 2.19. The molecule has 2 aromatic rings. The number of fused-ring (bicyclic) bond motifs is 1. The number of methoxy groups -OCH3 is 1. The summed E-state index contributed by atoms with van der Waals surface area (Å²) in [5.41, 5.74) is 2.85. The summed E-state index contributed by atoms with van der Waals surface area (Å²) in [4.78, 5) is 15.8. The molecule has 0 saturated heterocycles. The molecule has 0 unspecified atom stereocenters. The lowest BCUT2D eigenvalue weighted by Gasteiger charge is -2.09. The lowest BCUT2D eigenvalue weighted by Crippen LogP contribution is -2.14. The maximum Gasteiger partial charge on any atom is 0.189 e. The van der Waals surface area contributed by atoms with Crippen molar-refractivity contribution in [1.82, 2.24) is 4.90 Å². The van der Waals surface area contributed by atoms with Gasteiger partial charge in [0.1, 0.15) is 17.4 Å². The number of nitrogens with zero attached hydrogens (tertiary/aromatic N) is 1. The average molecular weight is 369 g/mol. The summed E-state index contributed by atoms with van der Waals surface area (Å²) in [6, 6.07) is 11.9. The van der Waals surface area contributed by atoms with Crippen LogP contribution in [-0.2, 0) is 6.42 Å². The smallest absolute Gasteiger partial charge is 0.189 e. The zero-order chi connectivity index (χ0) is 18.5. The van der Waals surface area contributed by atoms with Gasteiger partial charge in [-0.3, -0.25) is 4.79 Å². The monoisotopic (exact) mass is 369 g/mol. The summed E-state index contributed by atoms with van der Waals surface area (Å²) in [5.74, 6) is 1.82. The molecule has 0 aliphatic carbocycles. The van der Waals surface area contributed by atoms with E-state index in [0.29, 0.717) is 17.3 Å². The van der Waals surface area contributed by atoms with Crippen LogP contribution >= 0.6 is 11.8 Å². The first kappa shape index (κ1) is 18.5. The maximum atomic E-state index is 12.6. The van der Waals surface area contributed by atoms with E-state index in [1.54, 1.807) is 31.0 Å². The highest BCUT2D eigenvalue weighted by atomic mass is 32.2. The Labute approximate surface area is 158 Å². The van der Waals surface area contributed by atoms with Gasteiger partial charge in [-0.05, 0) is 43.8 Å². The van der Waals surface area contributed by atoms with Crippen molar-refractivity contribution in [3.05, 3.63) is 59.2 Å². The van der Waals surface area contributed by atoms with Gasteiger partial charge >= 0.3 is 0 Å². The molecule has 136 valence electrons. The number of likely N-dealkylation sites (N-methyl/N-ethyl adjacent to an activating group) is 1. The Morgan fingerprint density at radius 2 is 2.04 bits per heavy atom. The Morgan fingerprint density at radius 1 is 1.27 bits per heavy atom. The summed E-state index contributed by atoms with van der Waals surface area (Å²) >= 11 is 1.58. The fourth-order valence-corrected chi connectivity index (χ4v) is 3.47. The van der Waals surface area contributed by atoms with E-state index in [0.717, 1.165) is 29.2 Å². The minimum atomic E-state index is -0.0752. The molecular weight excluding hydrogens is 346 g/mol. The molecule has 3 rings (SSSR count). The van der Waals surface area contributed by atoms with E-state index in [2.05, 4.69) is 31.1 Å². The van der Waals surface area contributed by atoms with Crippen LogP contribution in [0.3, 0.4) is 0 Å². The van der Waals surface area contributed by atoms with E-state index in [1.807, 2.05) is 24.3 Å². The van der Waals surface area contributed by atoms with E-state index in [4.69, 9.17) is 9.47 Å². The molecule has 2 aromatic carbocycles. The van der Waals surface area contributed by atoms with Gasteiger partial charge in [-0.2, -0.15) is 0 Å². The van der Waals surface area contributed by atoms with Gasteiger partial charge in [0.05, 0.1) is 17.6 Å². The summed E-state index contributed by atoms with van der Waals surface area (Å²) in [5, 5.41) is 0. The van der Waals surface area contributed by atoms with Crippen molar-refractivity contribution in [3.8, 4) is 11.5 Å². The van der Waals surface area contributed by atoms with Crippen molar-refractivity contribution in [2.45, 2.75) is 11.3 Å². The van der Waals surface area contributed by atoms with E-state index >= 15 is 0 Å². The van der Waals surface area contributed by atoms with Crippen molar-refractivity contribution >= 4 is 23.6 Å². The number of thioether (sulfide) groups is 1. The summed E-state index contributed by atoms with van der Waals surface area (Å²) in [6.45, 7) is 1.02. The van der Waals surface area contributed by atoms with Crippen LogP contribution in [0.2, 0.25) is 0 Å². The fourth-order valence-electron chi connectivity index (χ4n) is 2.69. The van der Waals surface area contributed by atoms with E-state index in [1.165, 1.54) is 5.56 Å². The molecule has 0 fully saturated rings. The van der Waals surface area contributed by atoms with Crippen molar-refractivity contribution < 1.29 is 14.3 Å². The minimum Gasteiger partial charge on any atom is -0.496 e. The third-order valence-electron chi connectivity index (χ3n) is 4.21. The standard InChI is InChI=1S/C21H23NO3S/c1-22(2)11-10-16-6-4-15(5-7-16)8-9-18(23)17-12-21-20(25-14-26-21)13-19(17)24-3/h4-9,12-13H,10-11,14H2,1-3H3/b9-8+. The first-order valence-corrected chi connectivity index (χ1v) is 9.49. The summed E-state index contributed by atoms with van der Waals surface area (Å²) in [6.07, 6.45) is 4.45. The fraction of sp³-hybridized carbons (Fsp3) is 0.286. The zero-order valence-corrected chi connectivity index (χ0v) is 16.1. The highest BCUT2D eigenvalue weighted by molar-refractivity contribution is 7.99. The second-order valence-corrected chi connectivity index (χ2v) is 7.36. The quantitative estimate of drug-likeness (QED) is 0.542. The number of hydrogen-bond acceptors (Lipinski definition) is 5. The van der Waals surface area contributed by atoms with Gasteiger partial charge in [-0.15, -0.1) is 0 Å². The predicted molar refractivity (Wildman–Crippen MR) is 106 cm³/mol. The second kappa shape index (κ2) is 8.43. The van der Waals surface area contributed by atoms with Crippen LogP contribution in [0.15, 0.2) is 47.4 Å². The largest absolute Gasteiger partial charge is 0.496 e. The lowest BCUT2D eigenvalue weighted by molar-refractivity contribution is 0.104. The Bertz CT molecular complexity index is 813. The molecule has 26 heavy (non-hydrogen) atoms. The molecule has 0 saturated carbocycles. The number of rotatable bonds is 7. The number of carbonyl (C=O) groups excluding carboxylic acids is 1. The number of ether oxygens (including phenoxy) is 2. The molecule has 5 heteroatoms. The Hall–Kier alpha value is -2.24. The van der Waals surface area contributed by atoms with Crippen LogP contribution in [0.4, 0.5) is 0 Å². The normalized spacial score (nSPS) is 13.1. The number of allylic oxidation sites excluding steroid dienone is 1. The Kier molecular flexibility index (Phi) is 6.01. The maximum absolute atomic E-state index is 12.6. The molecule has 0 bridgehead atoms. The van der Waals surface area contributed by atoms with Crippen LogP contribution < -0.4 is 9.47 Å². The first-order chi connectivity index (χ1) is 12.6. The zero-order valence-electron chi connectivity index (χ0n) is 15.3. The molecule has 0 spiro atoms. The molecular formula is C21H23NO3S. The molecule has 1 aliphatic rings. The van der Waals surface area contributed by atoms with Crippen LogP contribution in [0.1, 0.15) is 21.5 Å². The first-order valence-electron chi connectivity index (χ1n) is 8.50. The minimum absolute atomic E-state index is 0.0752. The Morgan fingerprint density at radius 3 is 2.73 bits per heavy atom. The molecule has 1 aliphatic heterocycles. The molecule has 0 radical (unpaired) electrons. The van der Waals surface area contributed by atoms with Crippen LogP contribution in [0, 0.1) is 0 Å². The molecule has 0 atom stereocenters. The topological polar surface area (TPSA) is 38.8 Å². The third-order valence-corrected chi connectivity index (χ3v) is 5.08. The predicted octanol–water partition coefficient (Wildman–Crippen LogP) is 4.14. The number of carbonyl (C=O) groups is 1. The molecule has 4 nitrogen and oxygen atoms in total. The molecule has 0 amide bonds. The van der Waals surface area contributed by atoms with Gasteiger partial charge in [-0.1, -0.05) is 42.1 Å². The van der Waals surface area contributed by atoms with Gasteiger partial charge in [0.2, 0.25) is 0 Å². The molecule has 0 aromatic heterocycles. The van der Waals surface area contributed by atoms with E-state index < -0.39 is 0 Å². The highest BCUT2D eigenvalue weighted by Crippen LogP contribution is 2.40. The average Bonchev–Trinajstić information content (AvgIpc) is 3.11. The van der Waals surface area contributed by atoms with Crippen LogP contribution in [-0.4, -0.2) is 44.4 Å². The summed E-state index contributed by atoms with van der Waals surface area (Å²) < 4.78 is 10.9. The van der Waals surface area contributed by atoms with E-state index in [9.17, 15) is 4.79 Å². The van der Waals surface area contributed by atoms with Crippen LogP contribution in [0.25, 0.3) is 6.08 Å². The summed E-state index contributed by atoms with van der Waals surface area (Å²) in [7, 11) is 5.71. The third kappa shape index (κ3) is 4.48. The van der Waals surface area contributed by atoms with Crippen molar-refractivity contribution in [3.63, 3.8) is 0 Å². The molecule has 0 N–H and O–H groups in total. The number of benzene rings is 2. The lowest BCUT2D eigenvalue weighted by atomic mass is 10.1. The van der Waals surface area contributed by atoms with E-state index in [-0.39, 0.29) is 5.78 Å². The Balaban J connectivity index is 1.71. The SMILES string of the molecule is COc1cc2c(cc1C(=O)/C=C/c1ccc(CCN(C)C)cc1)SCO2.